The van der Waals surface area contributed by atoms with Gasteiger partial charge in [-0.15, -0.1) is 11.3 Å². The summed E-state index contributed by atoms with van der Waals surface area (Å²) in [6.45, 7) is -0.496. The van der Waals surface area contributed by atoms with Gasteiger partial charge in [-0.05, 0) is 18.2 Å². The number of carbonyl (C=O) groups is 2. The highest BCUT2D eigenvalue weighted by Gasteiger charge is 2.23. The van der Waals surface area contributed by atoms with E-state index in [9.17, 15) is 19.8 Å². The van der Waals surface area contributed by atoms with Crippen molar-refractivity contribution >= 4 is 34.1 Å². The van der Waals surface area contributed by atoms with Gasteiger partial charge in [0.25, 0.3) is 11.8 Å². The Morgan fingerprint density at radius 3 is 2.57 bits per heavy atom. The van der Waals surface area contributed by atoms with Gasteiger partial charge >= 0.3 is 0 Å². The SMILES string of the molecule is [NH]C(=O)CN(C(=O)c1ccc(O)c(O)c1)c1csc(N)n1. The zero-order chi connectivity index (χ0) is 15.6. The fourth-order valence-electron chi connectivity index (χ4n) is 1.62. The van der Waals surface area contributed by atoms with Crippen LogP contribution < -0.4 is 16.4 Å². The van der Waals surface area contributed by atoms with Crippen molar-refractivity contribution in [3.05, 3.63) is 29.1 Å². The molecule has 0 spiro atoms. The van der Waals surface area contributed by atoms with Crippen LogP contribution in [-0.2, 0) is 4.79 Å². The Balaban J connectivity index is 2.38. The number of carbonyl (C=O) groups excluding carboxylic acids is 2. The monoisotopic (exact) mass is 307 g/mol. The van der Waals surface area contributed by atoms with E-state index in [1.807, 2.05) is 0 Å². The zero-order valence-corrected chi connectivity index (χ0v) is 11.4. The van der Waals surface area contributed by atoms with E-state index in [0.717, 1.165) is 28.4 Å². The first-order valence-electron chi connectivity index (χ1n) is 5.67. The Labute approximate surface area is 123 Å². The summed E-state index contributed by atoms with van der Waals surface area (Å²) in [7, 11) is 0. The second-order valence-electron chi connectivity index (χ2n) is 4.06. The maximum Gasteiger partial charge on any atom is 0.260 e. The fourth-order valence-corrected chi connectivity index (χ4v) is 2.17. The van der Waals surface area contributed by atoms with E-state index in [4.69, 9.17) is 11.5 Å². The number of phenolic OH excluding ortho intramolecular Hbond substituents is 2. The Morgan fingerprint density at radius 1 is 1.33 bits per heavy atom. The topological polar surface area (TPSA) is 141 Å². The number of benzene rings is 1. The molecule has 5 N–H and O–H groups in total. The summed E-state index contributed by atoms with van der Waals surface area (Å²) in [4.78, 5) is 28.3. The zero-order valence-electron chi connectivity index (χ0n) is 10.6. The number of nitrogens with two attached hydrogens (primary N) is 1. The van der Waals surface area contributed by atoms with Crippen molar-refractivity contribution in [3.8, 4) is 11.5 Å². The number of aromatic nitrogens is 1. The van der Waals surface area contributed by atoms with Gasteiger partial charge < -0.3 is 15.9 Å². The molecule has 2 aromatic rings. The van der Waals surface area contributed by atoms with Gasteiger partial charge in [0.15, 0.2) is 16.6 Å². The molecule has 0 aliphatic heterocycles. The fraction of sp³-hybridized carbons (Fsp3) is 0.0833. The highest BCUT2D eigenvalue weighted by atomic mass is 32.1. The van der Waals surface area contributed by atoms with Crippen molar-refractivity contribution in [2.45, 2.75) is 0 Å². The number of anilines is 2. The summed E-state index contributed by atoms with van der Waals surface area (Å²) in [5.41, 5.74) is 12.6. The second kappa shape index (κ2) is 5.67. The first-order chi connectivity index (χ1) is 9.88. The molecular weight excluding hydrogens is 296 g/mol. The largest absolute Gasteiger partial charge is 0.504 e. The molecule has 8 nitrogen and oxygen atoms in total. The van der Waals surface area contributed by atoms with Crippen LogP contribution >= 0.6 is 11.3 Å². The molecule has 21 heavy (non-hydrogen) atoms. The van der Waals surface area contributed by atoms with Crippen molar-refractivity contribution < 1.29 is 19.8 Å². The van der Waals surface area contributed by atoms with Crippen LogP contribution in [0.1, 0.15) is 10.4 Å². The quantitative estimate of drug-likeness (QED) is 0.706. The van der Waals surface area contributed by atoms with Gasteiger partial charge in [-0.25, -0.2) is 4.98 Å². The van der Waals surface area contributed by atoms with Crippen LogP contribution in [0.25, 0.3) is 0 Å². The molecule has 2 amide bonds. The number of amides is 2. The standard InChI is InChI=1S/C12H11N4O4S/c13-9(19)4-16(10-5-21-12(14)15-10)11(20)6-1-2-7(17)8(18)3-6/h1-3,5,13,17-18H,4H2,(H2,14,15). The Bertz CT molecular complexity index is 700. The number of nitrogens with one attached hydrogen (secondary N) is 1. The summed E-state index contributed by atoms with van der Waals surface area (Å²) in [5, 5.41) is 20.4. The third kappa shape index (κ3) is 3.20. The van der Waals surface area contributed by atoms with Crippen molar-refractivity contribution in [2.24, 2.45) is 0 Å². The lowest BCUT2D eigenvalue weighted by Crippen LogP contribution is -2.36. The summed E-state index contributed by atoms with van der Waals surface area (Å²) >= 11 is 1.09. The lowest BCUT2D eigenvalue weighted by atomic mass is 10.1. The van der Waals surface area contributed by atoms with E-state index in [0.29, 0.717) is 0 Å². The first-order valence-corrected chi connectivity index (χ1v) is 6.55. The average Bonchev–Trinajstić information content (AvgIpc) is 2.84. The van der Waals surface area contributed by atoms with Crippen molar-refractivity contribution in [2.75, 3.05) is 17.2 Å². The molecule has 0 bridgehead atoms. The van der Waals surface area contributed by atoms with Crippen molar-refractivity contribution in [1.82, 2.24) is 10.7 Å². The number of nitrogen functional groups attached to an aromatic ring is 1. The minimum Gasteiger partial charge on any atom is -0.504 e. The number of rotatable bonds is 4. The normalized spacial score (nSPS) is 10.3. The molecule has 0 atom stereocenters. The van der Waals surface area contributed by atoms with Gasteiger partial charge in [0.05, 0.1) is 0 Å². The molecular formula is C12H11N4O4S. The Morgan fingerprint density at radius 2 is 2.05 bits per heavy atom. The van der Waals surface area contributed by atoms with Crippen LogP contribution in [0.4, 0.5) is 10.9 Å². The minimum atomic E-state index is -0.974. The Hall–Kier alpha value is -2.81. The van der Waals surface area contributed by atoms with E-state index in [1.54, 1.807) is 0 Å². The molecule has 1 radical (unpaired) electrons. The number of thiazole rings is 1. The third-order valence-electron chi connectivity index (χ3n) is 2.56. The van der Waals surface area contributed by atoms with Crippen LogP contribution in [0.3, 0.4) is 0 Å². The summed E-state index contributed by atoms with van der Waals surface area (Å²) in [5.74, 6) is -2.30. The number of aromatic hydroxyl groups is 2. The van der Waals surface area contributed by atoms with E-state index in [-0.39, 0.29) is 22.3 Å². The number of hydrogen-bond acceptors (Lipinski definition) is 7. The molecule has 0 aliphatic rings. The van der Waals surface area contributed by atoms with Crippen molar-refractivity contribution in [3.63, 3.8) is 0 Å². The number of hydrogen-bond donors (Lipinski definition) is 3. The minimum absolute atomic E-state index is 0.0399. The van der Waals surface area contributed by atoms with Crippen LogP contribution in [0, 0.1) is 0 Å². The third-order valence-corrected chi connectivity index (χ3v) is 3.22. The second-order valence-corrected chi connectivity index (χ2v) is 4.95. The maximum atomic E-state index is 12.4. The summed E-state index contributed by atoms with van der Waals surface area (Å²) in [6.07, 6.45) is 0. The molecule has 0 saturated carbocycles. The summed E-state index contributed by atoms with van der Waals surface area (Å²) in [6, 6.07) is 3.50. The highest BCUT2D eigenvalue weighted by Crippen LogP contribution is 2.27. The van der Waals surface area contributed by atoms with Gasteiger partial charge in [-0.3, -0.25) is 20.2 Å². The lowest BCUT2D eigenvalue weighted by molar-refractivity contribution is -0.117. The highest BCUT2D eigenvalue weighted by molar-refractivity contribution is 7.13. The molecule has 9 heteroatoms. The van der Waals surface area contributed by atoms with Crippen molar-refractivity contribution in [1.29, 1.82) is 0 Å². The van der Waals surface area contributed by atoms with Gasteiger partial charge in [-0.1, -0.05) is 0 Å². The predicted molar refractivity (Wildman–Crippen MR) is 76.1 cm³/mol. The first kappa shape index (κ1) is 14.6. The van der Waals surface area contributed by atoms with Crippen LogP contribution in [0.5, 0.6) is 11.5 Å². The van der Waals surface area contributed by atoms with E-state index in [1.165, 1.54) is 11.4 Å². The molecule has 0 aliphatic carbocycles. The van der Waals surface area contributed by atoms with E-state index >= 15 is 0 Å². The van der Waals surface area contributed by atoms with Crippen LogP contribution in [-0.4, -0.2) is 33.6 Å². The van der Waals surface area contributed by atoms with E-state index in [2.05, 4.69) is 4.98 Å². The molecule has 2 rings (SSSR count). The van der Waals surface area contributed by atoms with Gasteiger partial charge in [0.1, 0.15) is 12.4 Å². The van der Waals surface area contributed by atoms with Gasteiger partial charge in [0, 0.05) is 10.9 Å². The molecule has 0 saturated heterocycles. The molecule has 0 unspecified atom stereocenters. The number of phenols is 2. The van der Waals surface area contributed by atoms with Crippen LogP contribution in [0.15, 0.2) is 23.6 Å². The molecule has 1 heterocycles. The molecule has 1 aromatic carbocycles. The number of nitrogens with zero attached hydrogens (tertiary/aromatic N) is 2. The summed E-state index contributed by atoms with van der Waals surface area (Å²) < 4.78 is 0. The average molecular weight is 307 g/mol. The predicted octanol–water partition coefficient (Wildman–Crippen LogP) is 0.593. The smallest absolute Gasteiger partial charge is 0.260 e. The van der Waals surface area contributed by atoms with E-state index < -0.39 is 24.1 Å². The maximum absolute atomic E-state index is 12.4. The van der Waals surface area contributed by atoms with Crippen LogP contribution in [0.2, 0.25) is 0 Å². The molecule has 109 valence electrons. The molecule has 1 aromatic heterocycles. The van der Waals surface area contributed by atoms with Gasteiger partial charge in [-0.2, -0.15) is 0 Å². The Kier molecular flexibility index (Phi) is 3.94. The lowest BCUT2D eigenvalue weighted by Gasteiger charge is -2.18. The molecule has 0 fully saturated rings. The van der Waals surface area contributed by atoms with Gasteiger partial charge in [0.2, 0.25) is 0 Å².